The molecule has 1 N–H and O–H groups in total. The van der Waals surface area contributed by atoms with E-state index >= 15 is 0 Å². The van der Waals surface area contributed by atoms with E-state index in [-0.39, 0.29) is 17.5 Å². The lowest BCUT2D eigenvalue weighted by atomic mass is 9.86. The lowest BCUT2D eigenvalue weighted by Crippen LogP contribution is -2.43. The minimum atomic E-state index is -0.0168. The Balaban J connectivity index is 1.90. The molecule has 0 radical (unpaired) electrons. The lowest BCUT2D eigenvalue weighted by Gasteiger charge is -2.30. The Morgan fingerprint density at radius 3 is 2.54 bits per heavy atom. The second kappa shape index (κ2) is 9.91. The van der Waals surface area contributed by atoms with Gasteiger partial charge < -0.3 is 15.1 Å². The summed E-state index contributed by atoms with van der Waals surface area (Å²) in [5, 5.41) is 3.22. The van der Waals surface area contributed by atoms with Crippen LogP contribution in [0.4, 0.5) is 4.79 Å². The van der Waals surface area contributed by atoms with Gasteiger partial charge in [-0.25, -0.2) is 4.79 Å². The van der Waals surface area contributed by atoms with E-state index < -0.39 is 0 Å². The van der Waals surface area contributed by atoms with E-state index in [2.05, 4.69) is 36.0 Å². The molecule has 1 aliphatic heterocycles. The highest BCUT2D eigenvalue weighted by molar-refractivity contribution is 5.74. The number of amides is 2. The fourth-order valence-electron chi connectivity index (χ4n) is 3.46. The van der Waals surface area contributed by atoms with Crippen LogP contribution in [-0.2, 0) is 0 Å². The molecule has 26 heavy (non-hydrogen) atoms. The van der Waals surface area contributed by atoms with Crippen molar-refractivity contribution in [2.75, 3.05) is 33.2 Å². The number of carbonyl (C=O) groups is 1. The smallest absolute Gasteiger partial charge is 0.317 e. The Bertz CT molecular complexity index is 533. The van der Waals surface area contributed by atoms with Crippen molar-refractivity contribution < 1.29 is 4.79 Å². The van der Waals surface area contributed by atoms with Gasteiger partial charge in [-0.3, -0.25) is 4.98 Å². The van der Waals surface area contributed by atoms with Gasteiger partial charge in [0.15, 0.2) is 0 Å². The van der Waals surface area contributed by atoms with Crippen LogP contribution in [0.15, 0.2) is 24.5 Å². The fraction of sp³-hybridized carbons (Fsp3) is 0.714. The number of likely N-dealkylation sites (tertiary alicyclic amines) is 1. The zero-order valence-corrected chi connectivity index (χ0v) is 17.0. The van der Waals surface area contributed by atoms with E-state index in [0.29, 0.717) is 0 Å². The maximum absolute atomic E-state index is 12.7. The SMILES string of the molecule is CN(CCN1CCCCCC1)C(=O)NC(CC(C)(C)C)c1cccnc1. The van der Waals surface area contributed by atoms with Crippen LogP contribution < -0.4 is 5.32 Å². The Labute approximate surface area is 159 Å². The number of hydrogen-bond donors (Lipinski definition) is 1. The number of pyridine rings is 1. The number of nitrogens with zero attached hydrogens (tertiary/aromatic N) is 3. The van der Waals surface area contributed by atoms with E-state index in [1.54, 1.807) is 6.20 Å². The predicted molar refractivity (Wildman–Crippen MR) is 107 cm³/mol. The van der Waals surface area contributed by atoms with Gasteiger partial charge in [-0.05, 0) is 49.4 Å². The molecule has 1 fully saturated rings. The number of hydrogen-bond acceptors (Lipinski definition) is 3. The molecule has 2 heterocycles. The summed E-state index contributed by atoms with van der Waals surface area (Å²) < 4.78 is 0. The van der Waals surface area contributed by atoms with Gasteiger partial charge in [0.25, 0.3) is 0 Å². The molecular formula is C21H36N4O. The van der Waals surface area contributed by atoms with Crippen LogP contribution in [0, 0.1) is 5.41 Å². The van der Waals surface area contributed by atoms with Crippen LogP contribution in [-0.4, -0.2) is 54.0 Å². The molecule has 5 heteroatoms. The summed E-state index contributed by atoms with van der Waals surface area (Å²) in [5.41, 5.74) is 1.19. The molecule has 1 aromatic heterocycles. The van der Waals surface area contributed by atoms with Crippen LogP contribution >= 0.6 is 0 Å². The van der Waals surface area contributed by atoms with Crippen molar-refractivity contribution in [1.82, 2.24) is 20.1 Å². The molecule has 1 unspecified atom stereocenters. The highest BCUT2D eigenvalue weighted by atomic mass is 16.2. The largest absolute Gasteiger partial charge is 0.331 e. The maximum Gasteiger partial charge on any atom is 0.317 e. The van der Waals surface area contributed by atoms with Gasteiger partial charge in [0.2, 0.25) is 0 Å². The standard InChI is InChI=1S/C21H36N4O/c1-21(2,3)16-19(18-10-9-11-22-17-18)23-20(26)24(4)14-15-25-12-7-5-6-8-13-25/h9-11,17,19H,5-8,12-16H2,1-4H3,(H,23,26). The Morgan fingerprint density at radius 2 is 1.96 bits per heavy atom. The van der Waals surface area contributed by atoms with Crippen molar-refractivity contribution in [3.63, 3.8) is 0 Å². The van der Waals surface area contributed by atoms with Crippen LogP contribution in [0.1, 0.15) is 64.5 Å². The third kappa shape index (κ3) is 7.32. The normalized spacial score (nSPS) is 17.4. The molecule has 5 nitrogen and oxygen atoms in total. The molecule has 0 spiro atoms. The van der Waals surface area contributed by atoms with Gasteiger partial charge in [0, 0.05) is 32.5 Å². The molecule has 0 saturated carbocycles. The molecule has 1 aromatic rings. The molecule has 0 bridgehead atoms. The van der Waals surface area contributed by atoms with Crippen molar-refractivity contribution in [3.8, 4) is 0 Å². The first-order chi connectivity index (χ1) is 12.3. The topological polar surface area (TPSA) is 48.5 Å². The molecule has 2 rings (SSSR count). The van der Waals surface area contributed by atoms with Crippen LogP contribution in [0.5, 0.6) is 0 Å². The van der Waals surface area contributed by atoms with E-state index in [4.69, 9.17) is 0 Å². The Hall–Kier alpha value is -1.62. The van der Waals surface area contributed by atoms with Gasteiger partial charge in [-0.1, -0.05) is 39.7 Å². The van der Waals surface area contributed by atoms with Gasteiger partial charge >= 0.3 is 6.03 Å². The minimum Gasteiger partial charge on any atom is -0.331 e. The van der Waals surface area contributed by atoms with E-state index in [1.165, 1.54) is 25.7 Å². The Morgan fingerprint density at radius 1 is 1.27 bits per heavy atom. The van der Waals surface area contributed by atoms with E-state index in [1.807, 2.05) is 30.3 Å². The average Bonchev–Trinajstić information content (AvgIpc) is 2.87. The molecule has 1 atom stereocenters. The summed E-state index contributed by atoms with van der Waals surface area (Å²) in [6, 6.07) is 3.95. The van der Waals surface area contributed by atoms with Gasteiger partial charge in [-0.2, -0.15) is 0 Å². The van der Waals surface area contributed by atoms with Crippen molar-refractivity contribution in [2.45, 2.75) is 58.9 Å². The summed E-state index contributed by atoms with van der Waals surface area (Å²) in [6.07, 6.45) is 9.75. The zero-order valence-electron chi connectivity index (χ0n) is 17.0. The molecule has 2 amide bonds. The molecule has 146 valence electrons. The first-order valence-electron chi connectivity index (χ1n) is 9.99. The second-order valence-corrected chi connectivity index (χ2v) is 8.73. The molecule has 1 saturated heterocycles. The van der Waals surface area contributed by atoms with Gasteiger partial charge in [-0.15, -0.1) is 0 Å². The highest BCUT2D eigenvalue weighted by Gasteiger charge is 2.23. The number of rotatable bonds is 6. The number of aromatic nitrogens is 1. The van der Waals surface area contributed by atoms with Crippen molar-refractivity contribution >= 4 is 6.03 Å². The van der Waals surface area contributed by atoms with Crippen molar-refractivity contribution in [1.29, 1.82) is 0 Å². The number of nitrogens with one attached hydrogen (secondary N) is 1. The molecular weight excluding hydrogens is 324 g/mol. The van der Waals surface area contributed by atoms with Crippen LogP contribution in [0.25, 0.3) is 0 Å². The monoisotopic (exact) mass is 360 g/mol. The first kappa shape index (κ1) is 20.7. The molecule has 0 aromatic carbocycles. The summed E-state index contributed by atoms with van der Waals surface area (Å²) in [5.74, 6) is 0. The lowest BCUT2D eigenvalue weighted by molar-refractivity contribution is 0.187. The third-order valence-corrected chi connectivity index (χ3v) is 5.00. The van der Waals surface area contributed by atoms with Crippen molar-refractivity contribution in [3.05, 3.63) is 30.1 Å². The summed E-state index contributed by atoms with van der Waals surface area (Å²) >= 11 is 0. The fourth-order valence-corrected chi connectivity index (χ4v) is 3.46. The number of urea groups is 1. The summed E-state index contributed by atoms with van der Waals surface area (Å²) in [6.45, 7) is 10.7. The number of carbonyl (C=O) groups excluding carboxylic acids is 1. The predicted octanol–water partition coefficient (Wildman–Crippen LogP) is 4.08. The maximum atomic E-state index is 12.7. The van der Waals surface area contributed by atoms with E-state index in [9.17, 15) is 4.79 Å². The van der Waals surface area contributed by atoms with Crippen molar-refractivity contribution in [2.24, 2.45) is 5.41 Å². The third-order valence-electron chi connectivity index (χ3n) is 5.00. The first-order valence-corrected chi connectivity index (χ1v) is 9.99. The summed E-state index contributed by atoms with van der Waals surface area (Å²) in [7, 11) is 1.89. The zero-order chi connectivity index (χ0) is 19.0. The minimum absolute atomic E-state index is 0.00192. The Kier molecular flexibility index (Phi) is 7.88. The quantitative estimate of drug-likeness (QED) is 0.832. The van der Waals surface area contributed by atoms with Crippen LogP contribution in [0.2, 0.25) is 0 Å². The molecule has 1 aliphatic rings. The van der Waals surface area contributed by atoms with E-state index in [0.717, 1.165) is 38.2 Å². The average molecular weight is 361 g/mol. The van der Waals surface area contributed by atoms with Gasteiger partial charge in [0.1, 0.15) is 0 Å². The summed E-state index contributed by atoms with van der Waals surface area (Å²) in [4.78, 5) is 21.3. The second-order valence-electron chi connectivity index (χ2n) is 8.73. The number of likely N-dealkylation sites (N-methyl/N-ethyl adjacent to an activating group) is 1. The molecule has 0 aliphatic carbocycles. The van der Waals surface area contributed by atoms with Gasteiger partial charge in [0.05, 0.1) is 6.04 Å². The highest BCUT2D eigenvalue weighted by Crippen LogP contribution is 2.29. The van der Waals surface area contributed by atoms with Crippen LogP contribution in [0.3, 0.4) is 0 Å².